The summed E-state index contributed by atoms with van der Waals surface area (Å²) in [5, 5.41) is 5.59. The van der Waals surface area contributed by atoms with E-state index in [0.29, 0.717) is 0 Å². The first-order valence-corrected chi connectivity index (χ1v) is 11.6. The lowest BCUT2D eigenvalue weighted by Gasteiger charge is -2.40. The van der Waals surface area contributed by atoms with Gasteiger partial charge in [0.2, 0.25) is 0 Å². The van der Waals surface area contributed by atoms with Crippen LogP contribution in [0.2, 0.25) is 0 Å². The Morgan fingerprint density at radius 1 is 0.706 bits per heavy atom. The summed E-state index contributed by atoms with van der Waals surface area (Å²) in [6, 6.07) is 25.2. The van der Waals surface area contributed by atoms with Crippen molar-refractivity contribution in [2.24, 2.45) is 0 Å². The molecule has 168 valence electrons. The number of hydrogen-bond donors (Lipinski definition) is 0. The minimum Gasteiger partial charge on any atom is -0.353 e. The minimum absolute atomic E-state index is 0.184. The lowest BCUT2D eigenvalue weighted by atomic mass is 9.97. The zero-order chi connectivity index (χ0) is 22.7. The average molecular weight is 448 g/mol. The van der Waals surface area contributed by atoms with Crippen molar-refractivity contribution in [3.8, 4) is 5.69 Å². The van der Waals surface area contributed by atoms with Gasteiger partial charge in [-0.1, -0.05) is 54.6 Å². The first kappa shape index (κ1) is 20.5. The molecule has 3 aromatic heterocycles. The summed E-state index contributed by atoms with van der Waals surface area (Å²) in [4.78, 5) is 18.5. The number of nitrogens with zero attached hydrogens (tertiary/aromatic N) is 7. The fourth-order valence-electron chi connectivity index (χ4n) is 4.82. The van der Waals surface area contributed by atoms with Gasteiger partial charge in [0.15, 0.2) is 5.65 Å². The molecule has 0 bridgehead atoms. The summed E-state index contributed by atoms with van der Waals surface area (Å²) in [6.07, 6.45) is 7.34. The maximum absolute atomic E-state index is 4.66. The molecule has 2 aromatic carbocycles. The van der Waals surface area contributed by atoms with Crippen molar-refractivity contribution < 1.29 is 0 Å². The summed E-state index contributed by atoms with van der Waals surface area (Å²) >= 11 is 0. The second kappa shape index (κ2) is 9.03. The molecular formula is C27H25N7. The molecule has 1 aliphatic heterocycles. The number of rotatable bonds is 5. The first-order valence-electron chi connectivity index (χ1n) is 11.6. The van der Waals surface area contributed by atoms with Gasteiger partial charge >= 0.3 is 0 Å². The van der Waals surface area contributed by atoms with Gasteiger partial charge < -0.3 is 4.90 Å². The number of hydrogen-bond acceptors (Lipinski definition) is 6. The van der Waals surface area contributed by atoms with E-state index in [1.165, 1.54) is 11.1 Å². The molecule has 0 aliphatic carbocycles. The zero-order valence-corrected chi connectivity index (χ0v) is 18.8. The highest BCUT2D eigenvalue weighted by Gasteiger charge is 2.28. The van der Waals surface area contributed by atoms with Gasteiger partial charge in [0.05, 0.1) is 23.3 Å². The highest BCUT2D eigenvalue weighted by molar-refractivity contribution is 5.87. The lowest BCUT2D eigenvalue weighted by molar-refractivity contribution is 0.212. The predicted molar refractivity (Wildman–Crippen MR) is 133 cm³/mol. The van der Waals surface area contributed by atoms with Crippen LogP contribution in [-0.4, -0.2) is 55.8 Å². The molecule has 7 nitrogen and oxygen atoms in total. The standard InChI is InChI=1S/C27H25N7/c1-3-8-21(9-4-1)25(22-10-7-13-28-18-22)32-14-16-33(17-15-32)26-24-19-31-34(27(24)30-20-29-26)23-11-5-2-6-12-23/h1-13,18-20,25H,14-17H2. The van der Waals surface area contributed by atoms with Gasteiger partial charge in [-0.25, -0.2) is 14.6 Å². The number of para-hydroxylation sites is 1. The van der Waals surface area contributed by atoms with E-state index < -0.39 is 0 Å². The first-order chi connectivity index (χ1) is 16.9. The van der Waals surface area contributed by atoms with E-state index in [1.807, 2.05) is 59.7 Å². The Morgan fingerprint density at radius 2 is 1.44 bits per heavy atom. The molecule has 0 spiro atoms. The molecule has 1 fully saturated rings. The highest BCUT2D eigenvalue weighted by atomic mass is 15.3. The van der Waals surface area contributed by atoms with Crippen LogP contribution < -0.4 is 4.90 Å². The normalized spacial score (nSPS) is 15.5. The van der Waals surface area contributed by atoms with E-state index in [-0.39, 0.29) is 6.04 Å². The second-order valence-corrected chi connectivity index (χ2v) is 8.45. The van der Waals surface area contributed by atoms with Crippen molar-refractivity contribution in [2.75, 3.05) is 31.1 Å². The molecule has 1 unspecified atom stereocenters. The quantitative estimate of drug-likeness (QED) is 0.404. The predicted octanol–water partition coefficient (Wildman–Crippen LogP) is 4.12. The van der Waals surface area contributed by atoms with Gasteiger partial charge in [-0.2, -0.15) is 5.10 Å². The maximum Gasteiger partial charge on any atom is 0.168 e. The molecule has 1 saturated heterocycles. The van der Waals surface area contributed by atoms with Crippen LogP contribution in [-0.2, 0) is 0 Å². The molecule has 1 aliphatic rings. The van der Waals surface area contributed by atoms with E-state index in [4.69, 9.17) is 0 Å². The van der Waals surface area contributed by atoms with E-state index in [1.54, 1.807) is 6.33 Å². The van der Waals surface area contributed by atoms with E-state index in [2.05, 4.69) is 66.2 Å². The molecule has 6 rings (SSSR count). The molecule has 0 radical (unpaired) electrons. The Bertz CT molecular complexity index is 1320. The lowest BCUT2D eigenvalue weighted by Crippen LogP contribution is -2.48. The summed E-state index contributed by atoms with van der Waals surface area (Å²) in [6.45, 7) is 3.61. The van der Waals surface area contributed by atoms with Crippen LogP contribution in [0, 0.1) is 0 Å². The number of aromatic nitrogens is 5. The van der Waals surface area contributed by atoms with Crippen LogP contribution >= 0.6 is 0 Å². The number of piperazine rings is 1. The van der Waals surface area contributed by atoms with E-state index in [0.717, 1.165) is 48.7 Å². The monoisotopic (exact) mass is 447 g/mol. The van der Waals surface area contributed by atoms with Crippen LogP contribution in [0.25, 0.3) is 16.7 Å². The summed E-state index contributed by atoms with van der Waals surface area (Å²) in [5.74, 6) is 0.949. The van der Waals surface area contributed by atoms with E-state index in [9.17, 15) is 0 Å². The Morgan fingerprint density at radius 3 is 2.18 bits per heavy atom. The topological polar surface area (TPSA) is 63.0 Å². The molecule has 0 N–H and O–H groups in total. The summed E-state index contributed by atoms with van der Waals surface area (Å²) in [7, 11) is 0. The number of pyridine rings is 1. The van der Waals surface area contributed by atoms with Crippen LogP contribution in [0.5, 0.6) is 0 Å². The van der Waals surface area contributed by atoms with Crippen molar-refractivity contribution in [1.82, 2.24) is 29.6 Å². The molecule has 34 heavy (non-hydrogen) atoms. The molecular weight excluding hydrogens is 422 g/mol. The molecule has 7 heteroatoms. The largest absolute Gasteiger partial charge is 0.353 e. The fraction of sp³-hybridized carbons (Fsp3) is 0.185. The van der Waals surface area contributed by atoms with Crippen molar-refractivity contribution in [1.29, 1.82) is 0 Å². The zero-order valence-electron chi connectivity index (χ0n) is 18.8. The maximum atomic E-state index is 4.66. The van der Waals surface area contributed by atoms with E-state index >= 15 is 0 Å². The van der Waals surface area contributed by atoms with Crippen molar-refractivity contribution in [2.45, 2.75) is 6.04 Å². The Labute approximate surface area is 198 Å². The van der Waals surface area contributed by atoms with Crippen LogP contribution in [0.15, 0.2) is 97.7 Å². The Hall–Kier alpha value is -4.10. The van der Waals surface area contributed by atoms with Gasteiger partial charge in [0, 0.05) is 38.6 Å². The number of fused-ring (bicyclic) bond motifs is 1. The summed E-state index contributed by atoms with van der Waals surface area (Å²) < 4.78 is 1.88. The number of benzene rings is 2. The van der Waals surface area contributed by atoms with Crippen LogP contribution in [0.1, 0.15) is 17.2 Å². The van der Waals surface area contributed by atoms with Gasteiger partial charge in [-0.05, 0) is 29.3 Å². The SMILES string of the molecule is c1ccc(C(c2cccnc2)N2CCN(c3ncnc4c3cnn4-c3ccccc3)CC2)cc1. The average Bonchev–Trinajstić information content (AvgIpc) is 3.36. The molecule has 4 heterocycles. The van der Waals surface area contributed by atoms with Crippen LogP contribution in [0.4, 0.5) is 5.82 Å². The Kier molecular flexibility index (Phi) is 5.45. The van der Waals surface area contributed by atoms with Crippen molar-refractivity contribution in [3.63, 3.8) is 0 Å². The Balaban J connectivity index is 1.27. The molecule has 1 atom stereocenters. The third-order valence-corrected chi connectivity index (χ3v) is 6.44. The minimum atomic E-state index is 0.184. The molecule has 0 amide bonds. The third kappa shape index (κ3) is 3.80. The molecule has 5 aromatic rings. The second-order valence-electron chi connectivity index (χ2n) is 8.45. The van der Waals surface area contributed by atoms with Gasteiger partial charge in [-0.15, -0.1) is 0 Å². The van der Waals surface area contributed by atoms with Gasteiger partial charge in [0.1, 0.15) is 12.1 Å². The van der Waals surface area contributed by atoms with Crippen molar-refractivity contribution >= 4 is 16.9 Å². The van der Waals surface area contributed by atoms with Gasteiger partial charge in [-0.3, -0.25) is 9.88 Å². The number of anilines is 1. The summed E-state index contributed by atoms with van der Waals surface area (Å²) in [5.41, 5.74) is 4.33. The fourth-order valence-corrected chi connectivity index (χ4v) is 4.82. The van der Waals surface area contributed by atoms with Gasteiger partial charge in [0.25, 0.3) is 0 Å². The third-order valence-electron chi connectivity index (χ3n) is 6.44. The van der Waals surface area contributed by atoms with Crippen LogP contribution in [0.3, 0.4) is 0 Å². The highest BCUT2D eigenvalue weighted by Crippen LogP contribution is 2.31. The molecule has 0 saturated carbocycles. The smallest absolute Gasteiger partial charge is 0.168 e. The van der Waals surface area contributed by atoms with Crippen molar-refractivity contribution in [3.05, 3.63) is 109 Å².